The standard InChI is InChI=1S/C28H17BrO/c29-23-14-21(18-7-2-1-3-8-18)13-22(15-23)24-11-6-12-25-26-16-19-9-4-5-10-20(19)17-27(26)30-28(24)25/h1-17H. The highest BCUT2D eigenvalue weighted by molar-refractivity contribution is 9.10. The molecule has 0 fully saturated rings. The second-order valence-electron chi connectivity index (χ2n) is 7.57. The fourth-order valence-electron chi connectivity index (χ4n) is 4.25. The molecule has 0 radical (unpaired) electrons. The van der Waals surface area contributed by atoms with Crippen molar-refractivity contribution in [1.29, 1.82) is 0 Å². The van der Waals surface area contributed by atoms with Gasteiger partial charge in [0, 0.05) is 20.8 Å². The minimum absolute atomic E-state index is 0.925. The molecule has 6 aromatic rings. The van der Waals surface area contributed by atoms with Crippen LogP contribution in [0.15, 0.2) is 112 Å². The van der Waals surface area contributed by atoms with Crippen molar-refractivity contribution in [3.63, 3.8) is 0 Å². The van der Waals surface area contributed by atoms with Crippen LogP contribution in [-0.2, 0) is 0 Å². The summed E-state index contributed by atoms with van der Waals surface area (Å²) < 4.78 is 7.47. The Morgan fingerprint density at radius 2 is 1.27 bits per heavy atom. The Kier molecular flexibility index (Phi) is 4.00. The Balaban J connectivity index is 1.61. The van der Waals surface area contributed by atoms with Crippen LogP contribution in [-0.4, -0.2) is 0 Å². The van der Waals surface area contributed by atoms with Crippen LogP contribution in [0.25, 0.3) is 55.0 Å². The number of furan rings is 1. The van der Waals surface area contributed by atoms with Crippen molar-refractivity contribution >= 4 is 48.6 Å². The van der Waals surface area contributed by atoms with E-state index in [4.69, 9.17) is 4.42 Å². The van der Waals surface area contributed by atoms with Gasteiger partial charge in [-0.25, -0.2) is 0 Å². The summed E-state index contributed by atoms with van der Waals surface area (Å²) in [6.45, 7) is 0. The molecule has 0 bridgehead atoms. The summed E-state index contributed by atoms with van der Waals surface area (Å²) >= 11 is 3.71. The Hall–Kier alpha value is -3.36. The Morgan fingerprint density at radius 3 is 2.10 bits per heavy atom. The van der Waals surface area contributed by atoms with E-state index in [1.807, 2.05) is 6.07 Å². The molecule has 142 valence electrons. The molecule has 1 aromatic heterocycles. The van der Waals surface area contributed by atoms with Gasteiger partial charge in [-0.2, -0.15) is 0 Å². The lowest BCUT2D eigenvalue weighted by atomic mass is 9.97. The van der Waals surface area contributed by atoms with Crippen LogP contribution in [0.4, 0.5) is 0 Å². The van der Waals surface area contributed by atoms with Crippen molar-refractivity contribution in [2.24, 2.45) is 0 Å². The third-order valence-corrected chi connectivity index (χ3v) is 6.14. The third kappa shape index (κ3) is 2.84. The molecule has 1 heterocycles. The van der Waals surface area contributed by atoms with E-state index in [2.05, 4.69) is 113 Å². The van der Waals surface area contributed by atoms with E-state index in [9.17, 15) is 0 Å². The molecular weight excluding hydrogens is 432 g/mol. The zero-order valence-electron chi connectivity index (χ0n) is 16.1. The van der Waals surface area contributed by atoms with Gasteiger partial charge >= 0.3 is 0 Å². The number of benzene rings is 5. The SMILES string of the molecule is Brc1cc(-c2ccccc2)cc(-c2cccc3c2oc2cc4ccccc4cc23)c1. The fourth-order valence-corrected chi connectivity index (χ4v) is 4.75. The predicted molar refractivity (Wildman–Crippen MR) is 130 cm³/mol. The molecule has 30 heavy (non-hydrogen) atoms. The maximum absolute atomic E-state index is 6.42. The molecule has 0 aliphatic carbocycles. The summed E-state index contributed by atoms with van der Waals surface area (Å²) in [5.41, 5.74) is 6.47. The zero-order valence-corrected chi connectivity index (χ0v) is 17.7. The smallest absolute Gasteiger partial charge is 0.143 e. The van der Waals surface area contributed by atoms with Crippen molar-refractivity contribution in [2.75, 3.05) is 0 Å². The maximum Gasteiger partial charge on any atom is 0.143 e. The highest BCUT2D eigenvalue weighted by Crippen LogP contribution is 2.39. The van der Waals surface area contributed by atoms with Crippen LogP contribution in [0.1, 0.15) is 0 Å². The first-order chi connectivity index (χ1) is 14.8. The summed E-state index contributed by atoms with van der Waals surface area (Å²) in [5, 5.41) is 4.73. The summed E-state index contributed by atoms with van der Waals surface area (Å²) in [6, 6.07) is 36.2. The normalized spacial score (nSPS) is 11.5. The molecule has 0 atom stereocenters. The molecule has 5 aromatic carbocycles. The summed E-state index contributed by atoms with van der Waals surface area (Å²) in [5.74, 6) is 0. The molecule has 0 spiro atoms. The van der Waals surface area contributed by atoms with Gasteiger partial charge in [-0.15, -0.1) is 0 Å². The van der Waals surface area contributed by atoms with E-state index in [0.29, 0.717) is 0 Å². The zero-order chi connectivity index (χ0) is 20.1. The molecule has 6 rings (SSSR count). The highest BCUT2D eigenvalue weighted by atomic mass is 79.9. The second-order valence-corrected chi connectivity index (χ2v) is 8.49. The van der Waals surface area contributed by atoms with Gasteiger partial charge in [0.25, 0.3) is 0 Å². The van der Waals surface area contributed by atoms with Gasteiger partial charge in [-0.3, -0.25) is 0 Å². The monoisotopic (exact) mass is 448 g/mol. The van der Waals surface area contributed by atoms with E-state index in [1.165, 1.54) is 21.9 Å². The summed E-state index contributed by atoms with van der Waals surface area (Å²) in [4.78, 5) is 0. The van der Waals surface area contributed by atoms with Gasteiger partial charge in [0.15, 0.2) is 0 Å². The lowest BCUT2D eigenvalue weighted by Gasteiger charge is -2.08. The van der Waals surface area contributed by atoms with Crippen LogP contribution < -0.4 is 0 Å². The lowest BCUT2D eigenvalue weighted by molar-refractivity contribution is 0.670. The second kappa shape index (κ2) is 6.86. The molecule has 0 saturated carbocycles. The predicted octanol–water partition coefficient (Wildman–Crippen LogP) is 8.84. The first-order valence-corrected chi connectivity index (χ1v) is 10.8. The molecule has 2 heteroatoms. The first-order valence-electron chi connectivity index (χ1n) is 9.97. The minimum atomic E-state index is 0.925. The molecule has 1 nitrogen and oxygen atoms in total. The van der Waals surface area contributed by atoms with Crippen LogP contribution in [0, 0.1) is 0 Å². The topological polar surface area (TPSA) is 13.1 Å². The van der Waals surface area contributed by atoms with Gasteiger partial charge in [0.2, 0.25) is 0 Å². The summed E-state index contributed by atoms with van der Waals surface area (Å²) in [6.07, 6.45) is 0. The van der Waals surface area contributed by atoms with Crippen molar-refractivity contribution in [1.82, 2.24) is 0 Å². The van der Waals surface area contributed by atoms with Gasteiger partial charge < -0.3 is 4.42 Å². The summed E-state index contributed by atoms with van der Waals surface area (Å²) in [7, 11) is 0. The van der Waals surface area contributed by atoms with E-state index >= 15 is 0 Å². The molecular formula is C28H17BrO. The van der Waals surface area contributed by atoms with Crippen molar-refractivity contribution in [2.45, 2.75) is 0 Å². The van der Waals surface area contributed by atoms with Crippen LogP contribution >= 0.6 is 15.9 Å². The number of para-hydroxylation sites is 1. The van der Waals surface area contributed by atoms with Crippen LogP contribution in [0.2, 0.25) is 0 Å². The van der Waals surface area contributed by atoms with E-state index in [1.54, 1.807) is 0 Å². The number of hydrogen-bond acceptors (Lipinski definition) is 1. The van der Waals surface area contributed by atoms with Crippen molar-refractivity contribution < 1.29 is 4.42 Å². The quantitative estimate of drug-likeness (QED) is 0.257. The largest absolute Gasteiger partial charge is 0.455 e. The van der Waals surface area contributed by atoms with Gasteiger partial charge in [-0.05, 0) is 57.8 Å². The van der Waals surface area contributed by atoms with E-state index in [0.717, 1.165) is 37.5 Å². The molecule has 0 N–H and O–H groups in total. The van der Waals surface area contributed by atoms with Gasteiger partial charge in [-0.1, -0.05) is 88.7 Å². The Bertz CT molecular complexity index is 1540. The number of rotatable bonds is 2. The third-order valence-electron chi connectivity index (χ3n) is 5.68. The number of hydrogen-bond donors (Lipinski definition) is 0. The fraction of sp³-hybridized carbons (Fsp3) is 0. The highest BCUT2D eigenvalue weighted by Gasteiger charge is 2.14. The van der Waals surface area contributed by atoms with Crippen LogP contribution in [0.5, 0.6) is 0 Å². The van der Waals surface area contributed by atoms with Crippen molar-refractivity contribution in [3.05, 3.63) is 108 Å². The van der Waals surface area contributed by atoms with E-state index < -0.39 is 0 Å². The average Bonchev–Trinajstić information content (AvgIpc) is 3.15. The lowest BCUT2D eigenvalue weighted by Crippen LogP contribution is -1.83. The molecule has 0 unspecified atom stereocenters. The number of halogens is 1. The van der Waals surface area contributed by atoms with Crippen LogP contribution in [0.3, 0.4) is 0 Å². The van der Waals surface area contributed by atoms with E-state index in [-0.39, 0.29) is 0 Å². The maximum atomic E-state index is 6.42. The average molecular weight is 449 g/mol. The van der Waals surface area contributed by atoms with Gasteiger partial charge in [0.1, 0.15) is 11.2 Å². The Labute approximate surface area is 182 Å². The first kappa shape index (κ1) is 17.5. The minimum Gasteiger partial charge on any atom is -0.455 e. The molecule has 0 saturated heterocycles. The van der Waals surface area contributed by atoms with Crippen molar-refractivity contribution in [3.8, 4) is 22.3 Å². The number of fused-ring (bicyclic) bond motifs is 4. The van der Waals surface area contributed by atoms with Gasteiger partial charge in [0.05, 0.1) is 0 Å². The molecule has 0 aliphatic rings. The molecule has 0 aliphatic heterocycles. The molecule has 0 amide bonds. The Morgan fingerprint density at radius 1 is 0.533 bits per heavy atom.